The topological polar surface area (TPSA) is 30.2 Å². The molecular formula is C10H7BrO2. The van der Waals surface area contributed by atoms with Crippen molar-refractivity contribution < 1.29 is 9.21 Å². The normalized spacial score (nSPS) is 10.6. The molecule has 0 bridgehead atoms. The SMILES string of the molecule is CC(=O)c1cc(Br)cc2occc12. The summed E-state index contributed by atoms with van der Waals surface area (Å²) in [7, 11) is 0. The Morgan fingerprint density at radius 3 is 2.92 bits per heavy atom. The van der Waals surface area contributed by atoms with E-state index in [-0.39, 0.29) is 5.78 Å². The molecule has 0 atom stereocenters. The predicted molar refractivity (Wildman–Crippen MR) is 53.9 cm³/mol. The highest BCUT2D eigenvalue weighted by atomic mass is 79.9. The fourth-order valence-corrected chi connectivity index (χ4v) is 1.77. The second-order valence-corrected chi connectivity index (χ2v) is 3.76. The highest BCUT2D eigenvalue weighted by Crippen LogP contribution is 2.25. The largest absolute Gasteiger partial charge is 0.464 e. The third kappa shape index (κ3) is 1.40. The lowest BCUT2D eigenvalue weighted by molar-refractivity contribution is 0.101. The molecule has 0 fully saturated rings. The van der Waals surface area contributed by atoms with Gasteiger partial charge in [-0.2, -0.15) is 0 Å². The van der Waals surface area contributed by atoms with Gasteiger partial charge in [-0.1, -0.05) is 15.9 Å². The minimum Gasteiger partial charge on any atom is -0.464 e. The lowest BCUT2D eigenvalue weighted by Gasteiger charge is -1.98. The Labute approximate surface area is 83.7 Å². The van der Waals surface area contributed by atoms with Gasteiger partial charge in [-0.05, 0) is 25.1 Å². The monoisotopic (exact) mass is 238 g/mol. The van der Waals surface area contributed by atoms with Crippen molar-refractivity contribution in [3.05, 3.63) is 34.5 Å². The number of hydrogen-bond donors (Lipinski definition) is 0. The van der Waals surface area contributed by atoms with Crippen LogP contribution in [-0.4, -0.2) is 5.78 Å². The van der Waals surface area contributed by atoms with Crippen molar-refractivity contribution in [2.45, 2.75) is 6.92 Å². The molecule has 0 N–H and O–H groups in total. The molecule has 0 spiro atoms. The van der Waals surface area contributed by atoms with Crippen LogP contribution in [0.2, 0.25) is 0 Å². The van der Waals surface area contributed by atoms with E-state index in [0.717, 1.165) is 15.4 Å². The summed E-state index contributed by atoms with van der Waals surface area (Å²) in [6, 6.07) is 5.46. The van der Waals surface area contributed by atoms with E-state index in [1.54, 1.807) is 25.3 Å². The van der Waals surface area contributed by atoms with Gasteiger partial charge in [0.15, 0.2) is 5.78 Å². The average molecular weight is 239 g/mol. The first-order valence-electron chi connectivity index (χ1n) is 3.86. The van der Waals surface area contributed by atoms with Crippen molar-refractivity contribution in [2.24, 2.45) is 0 Å². The van der Waals surface area contributed by atoms with Crippen molar-refractivity contribution in [1.29, 1.82) is 0 Å². The first kappa shape index (κ1) is 8.51. The van der Waals surface area contributed by atoms with Crippen LogP contribution in [0.3, 0.4) is 0 Å². The number of benzene rings is 1. The van der Waals surface area contributed by atoms with Gasteiger partial charge in [0.05, 0.1) is 6.26 Å². The van der Waals surface area contributed by atoms with Gasteiger partial charge in [-0.25, -0.2) is 0 Å². The molecule has 0 aliphatic rings. The van der Waals surface area contributed by atoms with Gasteiger partial charge >= 0.3 is 0 Å². The highest BCUT2D eigenvalue weighted by Gasteiger charge is 2.08. The van der Waals surface area contributed by atoms with E-state index < -0.39 is 0 Å². The molecule has 2 aromatic rings. The molecule has 0 saturated heterocycles. The lowest BCUT2D eigenvalue weighted by Crippen LogP contribution is -1.91. The summed E-state index contributed by atoms with van der Waals surface area (Å²) < 4.78 is 6.07. The second kappa shape index (κ2) is 3.00. The molecule has 0 aliphatic carbocycles. The Kier molecular flexibility index (Phi) is 1.96. The number of rotatable bonds is 1. The van der Waals surface area contributed by atoms with Gasteiger partial charge in [0.2, 0.25) is 0 Å². The van der Waals surface area contributed by atoms with Gasteiger partial charge in [0.25, 0.3) is 0 Å². The molecule has 1 heterocycles. The Morgan fingerprint density at radius 2 is 2.23 bits per heavy atom. The van der Waals surface area contributed by atoms with E-state index in [1.807, 2.05) is 6.07 Å². The molecule has 0 amide bonds. The summed E-state index contributed by atoms with van der Waals surface area (Å²) in [5, 5.41) is 0.871. The molecule has 1 aromatic carbocycles. The van der Waals surface area contributed by atoms with Crippen LogP contribution in [0.4, 0.5) is 0 Å². The zero-order valence-corrected chi connectivity index (χ0v) is 8.59. The van der Waals surface area contributed by atoms with E-state index in [9.17, 15) is 4.79 Å². The lowest BCUT2D eigenvalue weighted by atomic mass is 10.1. The number of Topliss-reactive ketones (excluding diaryl/α,β-unsaturated/α-hetero) is 1. The maximum Gasteiger partial charge on any atom is 0.160 e. The Balaban J connectivity index is 2.84. The quantitative estimate of drug-likeness (QED) is 0.714. The van der Waals surface area contributed by atoms with Crippen molar-refractivity contribution in [2.75, 3.05) is 0 Å². The Morgan fingerprint density at radius 1 is 1.46 bits per heavy atom. The summed E-state index contributed by atoms with van der Waals surface area (Å²) in [4.78, 5) is 11.2. The van der Waals surface area contributed by atoms with Gasteiger partial charge in [-0.15, -0.1) is 0 Å². The summed E-state index contributed by atoms with van der Waals surface area (Å²) in [6.45, 7) is 1.55. The van der Waals surface area contributed by atoms with E-state index in [1.165, 1.54) is 0 Å². The molecule has 0 radical (unpaired) electrons. The third-order valence-electron chi connectivity index (χ3n) is 1.92. The van der Waals surface area contributed by atoms with Gasteiger partial charge < -0.3 is 4.42 Å². The number of carbonyl (C=O) groups excluding carboxylic acids is 1. The van der Waals surface area contributed by atoms with Crippen LogP contribution in [-0.2, 0) is 0 Å². The molecule has 0 saturated carbocycles. The maximum atomic E-state index is 11.2. The first-order chi connectivity index (χ1) is 6.18. The molecule has 1 aromatic heterocycles. The minimum atomic E-state index is 0.0488. The maximum absolute atomic E-state index is 11.2. The van der Waals surface area contributed by atoms with Gasteiger partial charge in [-0.3, -0.25) is 4.79 Å². The number of hydrogen-bond acceptors (Lipinski definition) is 2. The van der Waals surface area contributed by atoms with Gasteiger partial charge in [0, 0.05) is 15.4 Å². The molecule has 2 nitrogen and oxygen atoms in total. The van der Waals surface area contributed by atoms with Crippen LogP contribution in [0, 0.1) is 0 Å². The second-order valence-electron chi connectivity index (χ2n) is 2.84. The van der Waals surface area contributed by atoms with Crippen molar-refractivity contribution in [3.8, 4) is 0 Å². The summed E-state index contributed by atoms with van der Waals surface area (Å²) in [5.41, 5.74) is 1.43. The number of halogens is 1. The summed E-state index contributed by atoms with van der Waals surface area (Å²) in [5.74, 6) is 0.0488. The molecule has 0 aliphatic heterocycles. The summed E-state index contributed by atoms with van der Waals surface area (Å²) >= 11 is 3.32. The molecule has 66 valence electrons. The molecule has 2 rings (SSSR count). The van der Waals surface area contributed by atoms with Crippen LogP contribution >= 0.6 is 15.9 Å². The zero-order chi connectivity index (χ0) is 9.42. The van der Waals surface area contributed by atoms with Gasteiger partial charge in [0.1, 0.15) is 5.58 Å². The first-order valence-corrected chi connectivity index (χ1v) is 4.65. The fraction of sp³-hybridized carbons (Fsp3) is 0.100. The standard InChI is InChI=1S/C10H7BrO2/c1-6(12)9-4-7(11)5-10-8(9)2-3-13-10/h2-5H,1H3. The minimum absolute atomic E-state index is 0.0488. The van der Waals surface area contributed by atoms with E-state index >= 15 is 0 Å². The number of furan rings is 1. The van der Waals surface area contributed by atoms with Crippen molar-refractivity contribution in [1.82, 2.24) is 0 Å². The Bertz CT molecular complexity index is 471. The number of fused-ring (bicyclic) bond motifs is 1. The molecule has 13 heavy (non-hydrogen) atoms. The molecular weight excluding hydrogens is 232 g/mol. The van der Waals surface area contributed by atoms with E-state index in [4.69, 9.17) is 4.42 Å². The van der Waals surface area contributed by atoms with E-state index in [0.29, 0.717) is 5.56 Å². The van der Waals surface area contributed by atoms with Crippen LogP contribution < -0.4 is 0 Å². The van der Waals surface area contributed by atoms with Crippen LogP contribution in [0.15, 0.2) is 33.4 Å². The van der Waals surface area contributed by atoms with Crippen molar-refractivity contribution >= 4 is 32.7 Å². The van der Waals surface area contributed by atoms with E-state index in [2.05, 4.69) is 15.9 Å². The fourth-order valence-electron chi connectivity index (χ4n) is 1.33. The number of carbonyl (C=O) groups is 1. The van der Waals surface area contributed by atoms with Crippen LogP contribution in [0.1, 0.15) is 17.3 Å². The average Bonchev–Trinajstić information content (AvgIpc) is 2.49. The highest BCUT2D eigenvalue weighted by molar-refractivity contribution is 9.10. The van der Waals surface area contributed by atoms with Crippen molar-refractivity contribution in [3.63, 3.8) is 0 Å². The number of ketones is 1. The smallest absolute Gasteiger partial charge is 0.160 e. The molecule has 0 unspecified atom stereocenters. The zero-order valence-electron chi connectivity index (χ0n) is 7.00. The Hall–Kier alpha value is -1.09. The van der Waals surface area contributed by atoms with Crippen LogP contribution in [0.25, 0.3) is 11.0 Å². The predicted octanol–water partition coefficient (Wildman–Crippen LogP) is 3.40. The third-order valence-corrected chi connectivity index (χ3v) is 2.37. The summed E-state index contributed by atoms with van der Waals surface area (Å²) in [6.07, 6.45) is 1.59. The van der Waals surface area contributed by atoms with Crippen LogP contribution in [0.5, 0.6) is 0 Å². The molecule has 3 heteroatoms.